The van der Waals surface area contributed by atoms with Crippen LogP contribution in [0, 0.1) is 0 Å². The van der Waals surface area contributed by atoms with Crippen molar-refractivity contribution in [1.29, 1.82) is 0 Å². The predicted molar refractivity (Wildman–Crippen MR) is 239 cm³/mol. The Morgan fingerprint density at radius 2 is 0.833 bits per heavy atom. The molecule has 0 saturated heterocycles. The molecule has 0 aliphatic heterocycles. The van der Waals surface area contributed by atoms with Crippen molar-refractivity contribution in [3.8, 4) is 33.4 Å². The minimum atomic E-state index is 1.23. The van der Waals surface area contributed by atoms with Gasteiger partial charge in [0, 0.05) is 40.3 Å². The van der Waals surface area contributed by atoms with Crippen LogP contribution in [0.25, 0.3) is 117 Å². The zero-order chi connectivity index (χ0) is 35.3. The van der Waals surface area contributed by atoms with Crippen LogP contribution in [-0.2, 0) is 0 Å². The molecule has 10 aromatic carbocycles. The molecule has 12 aromatic rings. The van der Waals surface area contributed by atoms with E-state index < -0.39 is 0 Å². The molecule has 12 rings (SSSR count). The molecule has 0 nitrogen and oxygen atoms in total. The van der Waals surface area contributed by atoms with Crippen LogP contribution in [-0.4, -0.2) is 0 Å². The van der Waals surface area contributed by atoms with E-state index in [0.717, 1.165) is 0 Å². The van der Waals surface area contributed by atoms with Crippen molar-refractivity contribution in [3.63, 3.8) is 0 Å². The highest BCUT2D eigenvalue weighted by Gasteiger charge is 2.19. The van der Waals surface area contributed by atoms with Gasteiger partial charge in [0.15, 0.2) is 0 Å². The lowest BCUT2D eigenvalue weighted by Crippen LogP contribution is -1.92. The van der Waals surface area contributed by atoms with Gasteiger partial charge in [-0.3, -0.25) is 0 Å². The van der Waals surface area contributed by atoms with Crippen LogP contribution in [0.1, 0.15) is 0 Å². The van der Waals surface area contributed by atoms with E-state index in [1.165, 1.54) is 117 Å². The normalized spacial score (nSPS) is 12.1. The summed E-state index contributed by atoms with van der Waals surface area (Å²) in [5.41, 5.74) is 7.56. The second-order valence-corrected chi connectivity index (χ2v) is 16.5. The highest BCUT2D eigenvalue weighted by molar-refractivity contribution is 7.26. The van der Waals surface area contributed by atoms with Gasteiger partial charge in [-0.15, -0.1) is 22.7 Å². The summed E-state index contributed by atoms with van der Waals surface area (Å²) in [7, 11) is 0. The Hall–Kier alpha value is -6.32. The summed E-state index contributed by atoms with van der Waals surface area (Å²) in [6, 6.07) is 67.9. The van der Waals surface area contributed by atoms with E-state index >= 15 is 0 Å². The fourth-order valence-corrected chi connectivity index (χ4v) is 11.3. The third kappa shape index (κ3) is 4.42. The maximum atomic E-state index is 2.44. The van der Waals surface area contributed by atoms with Gasteiger partial charge in [0.25, 0.3) is 0 Å². The highest BCUT2D eigenvalue weighted by Crippen LogP contribution is 2.47. The van der Waals surface area contributed by atoms with Gasteiger partial charge in [-0.05, 0) is 119 Å². The lowest BCUT2D eigenvalue weighted by atomic mass is 9.84. The van der Waals surface area contributed by atoms with Gasteiger partial charge in [-0.25, -0.2) is 0 Å². The molecule has 54 heavy (non-hydrogen) atoms. The summed E-state index contributed by atoms with van der Waals surface area (Å²) < 4.78 is 5.38. The molecule has 0 radical (unpaired) electrons. The van der Waals surface area contributed by atoms with Crippen LogP contribution in [0.4, 0.5) is 0 Å². The topological polar surface area (TPSA) is 0 Å². The van der Waals surface area contributed by atoms with Crippen molar-refractivity contribution >= 4 is 106 Å². The SMILES string of the molecule is c1cc(-c2ccc3sc4cc5c(ccc6sc7ccccc7c65)cc4c3c2)cc(-c2c3ccccc3c(-c3cccc4ccccc34)c3ccccc23)c1. The molecule has 2 aromatic heterocycles. The fraction of sp³-hybridized carbons (Fsp3) is 0. The number of benzene rings is 10. The first-order valence-electron chi connectivity index (χ1n) is 18.5. The number of thiophene rings is 2. The maximum Gasteiger partial charge on any atom is 0.0362 e. The fourth-order valence-electron chi connectivity index (χ4n) is 9.03. The molecular formula is C52H30S2. The van der Waals surface area contributed by atoms with Crippen molar-refractivity contribution in [2.24, 2.45) is 0 Å². The van der Waals surface area contributed by atoms with Crippen LogP contribution in [0.3, 0.4) is 0 Å². The second-order valence-electron chi connectivity index (χ2n) is 14.4. The van der Waals surface area contributed by atoms with Gasteiger partial charge in [0.05, 0.1) is 0 Å². The van der Waals surface area contributed by atoms with Crippen LogP contribution in [0.2, 0.25) is 0 Å². The van der Waals surface area contributed by atoms with E-state index in [9.17, 15) is 0 Å². The van der Waals surface area contributed by atoms with Crippen LogP contribution in [0.5, 0.6) is 0 Å². The van der Waals surface area contributed by atoms with Crippen molar-refractivity contribution in [2.75, 3.05) is 0 Å². The average molecular weight is 719 g/mol. The lowest BCUT2D eigenvalue weighted by Gasteiger charge is -2.19. The zero-order valence-corrected chi connectivity index (χ0v) is 30.8. The molecule has 0 aliphatic carbocycles. The van der Waals surface area contributed by atoms with Crippen molar-refractivity contribution in [3.05, 3.63) is 182 Å². The molecular weight excluding hydrogens is 689 g/mol. The molecule has 2 heterocycles. The number of hydrogen-bond acceptors (Lipinski definition) is 2. The molecule has 250 valence electrons. The summed E-state index contributed by atoms with van der Waals surface area (Å²) in [4.78, 5) is 0. The summed E-state index contributed by atoms with van der Waals surface area (Å²) in [6.45, 7) is 0. The molecule has 2 heteroatoms. The van der Waals surface area contributed by atoms with Gasteiger partial charge in [0.2, 0.25) is 0 Å². The minimum Gasteiger partial charge on any atom is -0.135 e. The second kappa shape index (κ2) is 11.6. The van der Waals surface area contributed by atoms with Crippen molar-refractivity contribution in [1.82, 2.24) is 0 Å². The number of fused-ring (bicyclic) bond motifs is 11. The third-order valence-electron chi connectivity index (χ3n) is 11.4. The van der Waals surface area contributed by atoms with Crippen LogP contribution >= 0.6 is 22.7 Å². The molecule has 0 aliphatic rings. The summed E-state index contributed by atoms with van der Waals surface area (Å²) in [5.74, 6) is 0. The summed E-state index contributed by atoms with van der Waals surface area (Å²) in [5, 5.41) is 15.7. The first kappa shape index (κ1) is 30.2. The van der Waals surface area contributed by atoms with E-state index in [1.54, 1.807) is 0 Å². The molecule has 0 bridgehead atoms. The number of hydrogen-bond donors (Lipinski definition) is 0. The Kier molecular flexibility index (Phi) is 6.48. The first-order chi connectivity index (χ1) is 26.8. The Bertz CT molecular complexity index is 3440. The molecule has 0 fully saturated rings. The van der Waals surface area contributed by atoms with Gasteiger partial charge in [-0.1, -0.05) is 140 Å². The van der Waals surface area contributed by atoms with Crippen LogP contribution in [0.15, 0.2) is 182 Å². The van der Waals surface area contributed by atoms with Gasteiger partial charge in [-0.2, -0.15) is 0 Å². The quantitative estimate of drug-likeness (QED) is 0.160. The molecule has 0 spiro atoms. The van der Waals surface area contributed by atoms with Gasteiger partial charge in [0.1, 0.15) is 0 Å². The molecule has 0 atom stereocenters. The third-order valence-corrected chi connectivity index (χ3v) is 13.7. The van der Waals surface area contributed by atoms with E-state index in [-0.39, 0.29) is 0 Å². The zero-order valence-electron chi connectivity index (χ0n) is 29.1. The maximum absolute atomic E-state index is 2.44. The highest BCUT2D eigenvalue weighted by atomic mass is 32.1. The standard InChI is InChI=1S/C52H30S2/c1-2-15-36-31(11-1)12-10-21-37(36)51-40-18-5-3-16-38(40)50(39-17-4-6-19-41(39)51)35-14-9-13-32(27-35)33-23-25-47-44(28-33)45-29-34-24-26-48-52(43(34)30-49(45)54-47)42-20-7-8-22-46(42)53-48/h1-30H. The molecule has 0 amide bonds. The van der Waals surface area contributed by atoms with Gasteiger partial charge < -0.3 is 0 Å². The van der Waals surface area contributed by atoms with E-state index in [0.29, 0.717) is 0 Å². The Labute approximate surface area is 319 Å². The van der Waals surface area contributed by atoms with Crippen LogP contribution < -0.4 is 0 Å². The van der Waals surface area contributed by atoms with Crippen molar-refractivity contribution < 1.29 is 0 Å². The smallest absolute Gasteiger partial charge is 0.0362 e. The minimum absolute atomic E-state index is 1.23. The predicted octanol–water partition coefficient (Wildman–Crippen LogP) is 16.0. The molecule has 0 N–H and O–H groups in total. The summed E-state index contributed by atoms with van der Waals surface area (Å²) in [6.07, 6.45) is 0. The largest absolute Gasteiger partial charge is 0.135 e. The van der Waals surface area contributed by atoms with Crippen molar-refractivity contribution in [2.45, 2.75) is 0 Å². The lowest BCUT2D eigenvalue weighted by molar-refractivity contribution is 1.63. The Morgan fingerprint density at radius 1 is 0.259 bits per heavy atom. The van der Waals surface area contributed by atoms with E-state index in [4.69, 9.17) is 0 Å². The first-order valence-corrected chi connectivity index (χ1v) is 20.1. The average Bonchev–Trinajstić information content (AvgIpc) is 3.79. The van der Waals surface area contributed by atoms with E-state index in [1.807, 2.05) is 22.7 Å². The van der Waals surface area contributed by atoms with E-state index in [2.05, 4.69) is 182 Å². The Morgan fingerprint density at radius 3 is 1.65 bits per heavy atom. The molecule has 0 saturated carbocycles. The molecule has 0 unspecified atom stereocenters. The van der Waals surface area contributed by atoms with Gasteiger partial charge >= 0.3 is 0 Å². The Balaban J connectivity index is 1.04. The summed E-state index contributed by atoms with van der Waals surface area (Å²) >= 11 is 3.79. The number of rotatable bonds is 3. The monoisotopic (exact) mass is 718 g/mol.